The molecule has 0 heterocycles. The Labute approximate surface area is 111 Å². The third kappa shape index (κ3) is 3.99. The second-order valence-electron chi connectivity index (χ2n) is 4.07. The summed E-state index contributed by atoms with van der Waals surface area (Å²) in [6.45, 7) is 3.80. The van der Waals surface area contributed by atoms with Gasteiger partial charge in [-0.15, -0.1) is 0 Å². The van der Waals surface area contributed by atoms with Gasteiger partial charge in [-0.05, 0) is 57.6 Å². The number of hydrogen-bond acceptors (Lipinski definition) is 4. The fraction of sp³-hybridized carbons (Fsp3) is 0.462. The standard InChI is InChI=1S/C13H18FNO2S/c1-5-17-13(16)9(2)10-6-7-12(11(14)8-10)18-15(3)4/h6-9H,5H2,1-4H3. The van der Waals surface area contributed by atoms with Gasteiger partial charge in [-0.3, -0.25) is 9.10 Å². The maximum Gasteiger partial charge on any atom is 0.313 e. The fourth-order valence-corrected chi connectivity index (χ4v) is 2.13. The monoisotopic (exact) mass is 271 g/mol. The normalized spacial score (nSPS) is 12.6. The lowest BCUT2D eigenvalue weighted by molar-refractivity contribution is -0.144. The van der Waals surface area contributed by atoms with Crippen molar-refractivity contribution in [3.63, 3.8) is 0 Å². The zero-order valence-electron chi connectivity index (χ0n) is 11.1. The summed E-state index contributed by atoms with van der Waals surface area (Å²) in [5.41, 5.74) is 0.633. The van der Waals surface area contributed by atoms with Gasteiger partial charge < -0.3 is 4.74 Å². The molecular formula is C13H18FNO2S. The second kappa shape index (κ2) is 6.75. The van der Waals surface area contributed by atoms with Gasteiger partial charge in [0.1, 0.15) is 5.82 Å². The molecule has 3 nitrogen and oxygen atoms in total. The first-order valence-corrected chi connectivity index (χ1v) is 6.54. The van der Waals surface area contributed by atoms with E-state index in [2.05, 4.69) is 0 Å². The van der Waals surface area contributed by atoms with Gasteiger partial charge in [0.25, 0.3) is 0 Å². The van der Waals surface area contributed by atoms with Crippen LogP contribution in [-0.2, 0) is 9.53 Å². The SMILES string of the molecule is CCOC(=O)C(C)c1ccc(SN(C)C)c(F)c1. The zero-order chi connectivity index (χ0) is 13.7. The van der Waals surface area contributed by atoms with E-state index < -0.39 is 5.92 Å². The van der Waals surface area contributed by atoms with Crippen LogP contribution in [0, 0.1) is 5.82 Å². The average Bonchev–Trinajstić information content (AvgIpc) is 2.30. The molecule has 1 rings (SSSR count). The third-order valence-corrected chi connectivity index (χ3v) is 3.27. The summed E-state index contributed by atoms with van der Waals surface area (Å²) in [6.07, 6.45) is 0. The van der Waals surface area contributed by atoms with Crippen molar-refractivity contribution >= 4 is 17.9 Å². The Balaban J connectivity index is 2.86. The molecule has 0 saturated carbocycles. The second-order valence-corrected chi connectivity index (χ2v) is 5.42. The van der Waals surface area contributed by atoms with Crippen molar-refractivity contribution in [1.82, 2.24) is 4.31 Å². The van der Waals surface area contributed by atoms with Gasteiger partial charge in [0.2, 0.25) is 0 Å². The van der Waals surface area contributed by atoms with Crippen LogP contribution in [0.2, 0.25) is 0 Å². The molecule has 0 saturated heterocycles. The quantitative estimate of drug-likeness (QED) is 0.608. The number of hydrogen-bond donors (Lipinski definition) is 0. The van der Waals surface area contributed by atoms with Gasteiger partial charge in [-0.25, -0.2) is 4.39 Å². The Morgan fingerprint density at radius 3 is 2.67 bits per heavy atom. The number of benzene rings is 1. The van der Waals surface area contributed by atoms with Gasteiger partial charge in [-0.1, -0.05) is 6.07 Å². The Bertz CT molecular complexity index is 423. The first kappa shape index (κ1) is 15.0. The maximum atomic E-state index is 13.8. The summed E-state index contributed by atoms with van der Waals surface area (Å²) in [7, 11) is 3.69. The van der Waals surface area contributed by atoms with Crippen molar-refractivity contribution in [2.45, 2.75) is 24.7 Å². The van der Waals surface area contributed by atoms with Crippen LogP contribution in [0.4, 0.5) is 4.39 Å². The zero-order valence-corrected chi connectivity index (χ0v) is 11.9. The molecule has 0 N–H and O–H groups in total. The molecule has 5 heteroatoms. The number of carbonyl (C=O) groups excluding carboxylic acids is 1. The lowest BCUT2D eigenvalue weighted by Gasteiger charge is -2.13. The molecule has 0 aliphatic carbocycles. The molecule has 1 aromatic rings. The first-order valence-electron chi connectivity index (χ1n) is 5.77. The van der Waals surface area contributed by atoms with E-state index in [0.717, 1.165) is 0 Å². The molecule has 0 amide bonds. The predicted octanol–water partition coefficient (Wildman–Crippen LogP) is 3.06. The molecule has 0 aliphatic rings. The molecule has 100 valence electrons. The van der Waals surface area contributed by atoms with Crippen molar-refractivity contribution in [3.8, 4) is 0 Å². The number of esters is 1. The van der Waals surface area contributed by atoms with Crippen LogP contribution in [0.25, 0.3) is 0 Å². The van der Waals surface area contributed by atoms with Crippen molar-refractivity contribution in [2.24, 2.45) is 0 Å². The number of rotatable bonds is 5. The van der Waals surface area contributed by atoms with Crippen LogP contribution in [0.15, 0.2) is 23.1 Å². The van der Waals surface area contributed by atoms with Crippen LogP contribution < -0.4 is 0 Å². The van der Waals surface area contributed by atoms with E-state index in [1.807, 2.05) is 18.4 Å². The van der Waals surface area contributed by atoms with Crippen LogP contribution >= 0.6 is 11.9 Å². The topological polar surface area (TPSA) is 29.5 Å². The van der Waals surface area contributed by atoms with E-state index >= 15 is 0 Å². The van der Waals surface area contributed by atoms with Crippen molar-refractivity contribution in [2.75, 3.05) is 20.7 Å². The lowest BCUT2D eigenvalue weighted by Crippen LogP contribution is -2.13. The van der Waals surface area contributed by atoms with E-state index in [-0.39, 0.29) is 11.8 Å². The molecular weight excluding hydrogens is 253 g/mol. The molecule has 0 radical (unpaired) electrons. The van der Waals surface area contributed by atoms with E-state index in [4.69, 9.17) is 4.74 Å². The molecule has 0 fully saturated rings. The number of ether oxygens (including phenoxy) is 1. The van der Waals surface area contributed by atoms with Crippen LogP contribution in [-0.4, -0.2) is 31.0 Å². The highest BCUT2D eigenvalue weighted by Crippen LogP contribution is 2.26. The molecule has 1 unspecified atom stereocenters. The van der Waals surface area contributed by atoms with E-state index in [1.54, 1.807) is 26.0 Å². The summed E-state index contributed by atoms with van der Waals surface area (Å²) in [5.74, 6) is -1.09. The van der Waals surface area contributed by atoms with Crippen molar-refractivity contribution in [1.29, 1.82) is 0 Å². The highest BCUT2D eigenvalue weighted by atomic mass is 32.2. The maximum absolute atomic E-state index is 13.8. The number of nitrogens with zero attached hydrogens (tertiary/aromatic N) is 1. The van der Waals surface area contributed by atoms with Crippen LogP contribution in [0.5, 0.6) is 0 Å². The van der Waals surface area contributed by atoms with Gasteiger partial charge in [0, 0.05) is 0 Å². The minimum atomic E-state index is -0.446. The molecule has 1 atom stereocenters. The summed E-state index contributed by atoms with van der Waals surface area (Å²) >= 11 is 1.31. The van der Waals surface area contributed by atoms with Crippen LogP contribution in [0.3, 0.4) is 0 Å². The summed E-state index contributed by atoms with van der Waals surface area (Å²) in [4.78, 5) is 12.1. The molecule has 1 aromatic carbocycles. The van der Waals surface area contributed by atoms with E-state index in [1.165, 1.54) is 18.0 Å². The van der Waals surface area contributed by atoms with E-state index in [9.17, 15) is 9.18 Å². The Morgan fingerprint density at radius 1 is 1.50 bits per heavy atom. The molecule has 0 spiro atoms. The minimum Gasteiger partial charge on any atom is -0.466 e. The average molecular weight is 271 g/mol. The Morgan fingerprint density at radius 2 is 2.17 bits per heavy atom. The van der Waals surface area contributed by atoms with Gasteiger partial charge >= 0.3 is 5.97 Å². The summed E-state index contributed by atoms with van der Waals surface area (Å²) in [5, 5.41) is 0. The molecule has 0 aromatic heterocycles. The minimum absolute atomic E-state index is 0.317. The predicted molar refractivity (Wildman–Crippen MR) is 71.0 cm³/mol. The van der Waals surface area contributed by atoms with Crippen LogP contribution in [0.1, 0.15) is 25.3 Å². The van der Waals surface area contributed by atoms with Crippen molar-refractivity contribution < 1.29 is 13.9 Å². The van der Waals surface area contributed by atoms with Gasteiger partial charge in [-0.2, -0.15) is 0 Å². The van der Waals surface area contributed by atoms with Gasteiger partial charge in [0.15, 0.2) is 0 Å². The van der Waals surface area contributed by atoms with Gasteiger partial charge in [0.05, 0.1) is 17.4 Å². The largest absolute Gasteiger partial charge is 0.466 e. The Kier molecular flexibility index (Phi) is 5.62. The molecule has 0 bridgehead atoms. The lowest BCUT2D eigenvalue weighted by atomic mass is 10.0. The highest BCUT2D eigenvalue weighted by Gasteiger charge is 2.18. The van der Waals surface area contributed by atoms with E-state index in [0.29, 0.717) is 17.1 Å². The Hall–Kier alpha value is -1.07. The number of halogens is 1. The van der Waals surface area contributed by atoms with Crippen molar-refractivity contribution in [3.05, 3.63) is 29.6 Å². The molecule has 18 heavy (non-hydrogen) atoms. The summed E-state index contributed by atoms with van der Waals surface area (Å²) < 4.78 is 20.6. The highest BCUT2D eigenvalue weighted by molar-refractivity contribution is 7.97. The fourth-order valence-electron chi connectivity index (χ4n) is 1.46. The smallest absolute Gasteiger partial charge is 0.313 e. The summed E-state index contributed by atoms with van der Waals surface area (Å²) in [6, 6.07) is 4.84. The first-order chi connectivity index (χ1) is 8.45. The molecule has 0 aliphatic heterocycles. The third-order valence-electron chi connectivity index (χ3n) is 2.38. The number of carbonyl (C=O) groups is 1.